The summed E-state index contributed by atoms with van der Waals surface area (Å²) in [5.74, 6) is -2.17. The quantitative estimate of drug-likeness (QED) is 0.121. The summed E-state index contributed by atoms with van der Waals surface area (Å²) in [6.45, 7) is 4.44. The van der Waals surface area contributed by atoms with Crippen molar-refractivity contribution in [1.29, 1.82) is 0 Å². The number of hydrogen-bond donors (Lipinski definition) is 2. The summed E-state index contributed by atoms with van der Waals surface area (Å²) >= 11 is 0. The van der Waals surface area contributed by atoms with Gasteiger partial charge in [-0.2, -0.15) is 0 Å². The Morgan fingerprint density at radius 2 is 0.938 bits per heavy atom. The molecule has 0 saturated heterocycles. The van der Waals surface area contributed by atoms with Gasteiger partial charge in [0.2, 0.25) is 0 Å². The number of rotatable bonds is 23. The average Bonchev–Trinajstić information content (AvgIpc) is 2.75. The zero-order valence-corrected chi connectivity index (χ0v) is 21.0. The second kappa shape index (κ2) is 21.3. The molecule has 0 aromatic rings. The minimum absolute atomic E-state index is 0.413. The van der Waals surface area contributed by atoms with E-state index in [1.54, 1.807) is 12.2 Å². The van der Waals surface area contributed by atoms with Gasteiger partial charge in [-0.1, -0.05) is 128 Å². The van der Waals surface area contributed by atoms with E-state index in [1.807, 2.05) is 12.2 Å². The summed E-state index contributed by atoms with van der Waals surface area (Å²) in [5.41, 5.74) is -1.44. The first-order valence-electron chi connectivity index (χ1n) is 13.3. The van der Waals surface area contributed by atoms with E-state index < -0.39 is 23.8 Å². The van der Waals surface area contributed by atoms with Gasteiger partial charge in [-0.05, 0) is 25.7 Å². The first-order chi connectivity index (χ1) is 15.5. The van der Waals surface area contributed by atoms with Gasteiger partial charge >= 0.3 is 11.9 Å². The predicted octanol–water partition coefficient (Wildman–Crippen LogP) is 8.71. The lowest BCUT2D eigenvalue weighted by Crippen LogP contribution is -2.29. The number of carbonyl (C=O) groups is 2. The van der Waals surface area contributed by atoms with Gasteiger partial charge in [-0.25, -0.2) is 0 Å². The highest BCUT2D eigenvalue weighted by Gasteiger charge is 2.35. The fourth-order valence-corrected chi connectivity index (χ4v) is 4.02. The molecule has 0 unspecified atom stereocenters. The van der Waals surface area contributed by atoms with E-state index in [4.69, 9.17) is 0 Å². The molecule has 2 N–H and O–H groups in total. The SMILES string of the molecule is CCCCCCCCCCC=CC(C=CCCCCCCCCCC)(CC(=O)O)C(=O)O. The number of allylic oxidation sites excluding steroid dienone is 2. The molecule has 0 aromatic heterocycles. The van der Waals surface area contributed by atoms with Gasteiger partial charge in [0.25, 0.3) is 0 Å². The van der Waals surface area contributed by atoms with Gasteiger partial charge in [0, 0.05) is 0 Å². The molecule has 0 aliphatic rings. The Hall–Kier alpha value is -1.58. The molecule has 0 aliphatic carbocycles. The molecule has 4 nitrogen and oxygen atoms in total. The maximum Gasteiger partial charge on any atom is 0.318 e. The maximum absolute atomic E-state index is 12.0. The molecule has 0 aliphatic heterocycles. The highest BCUT2D eigenvalue weighted by atomic mass is 16.4. The van der Waals surface area contributed by atoms with Crippen molar-refractivity contribution in [2.75, 3.05) is 0 Å². The molecule has 0 rings (SSSR count). The van der Waals surface area contributed by atoms with Crippen LogP contribution < -0.4 is 0 Å². The van der Waals surface area contributed by atoms with Crippen molar-refractivity contribution in [2.24, 2.45) is 5.41 Å². The van der Waals surface area contributed by atoms with E-state index in [-0.39, 0.29) is 0 Å². The van der Waals surface area contributed by atoms with Crippen LogP contribution in [-0.2, 0) is 9.59 Å². The minimum Gasteiger partial charge on any atom is -0.481 e. The van der Waals surface area contributed by atoms with Crippen LogP contribution in [-0.4, -0.2) is 22.2 Å². The molecular weight excluding hydrogens is 400 g/mol. The monoisotopic (exact) mass is 450 g/mol. The molecule has 0 atom stereocenters. The van der Waals surface area contributed by atoms with Crippen molar-refractivity contribution in [3.05, 3.63) is 24.3 Å². The maximum atomic E-state index is 12.0. The molecule has 0 amide bonds. The van der Waals surface area contributed by atoms with Crippen molar-refractivity contribution in [2.45, 2.75) is 136 Å². The zero-order chi connectivity index (χ0) is 23.9. The van der Waals surface area contributed by atoms with Crippen molar-refractivity contribution < 1.29 is 19.8 Å². The Kier molecular flexibility index (Phi) is 20.2. The number of carboxylic acid groups (broad SMARTS) is 2. The topological polar surface area (TPSA) is 74.6 Å². The second-order valence-corrected chi connectivity index (χ2v) is 9.25. The van der Waals surface area contributed by atoms with Crippen LogP contribution >= 0.6 is 0 Å². The molecule has 0 saturated carbocycles. The van der Waals surface area contributed by atoms with Crippen LogP contribution in [0.4, 0.5) is 0 Å². The zero-order valence-electron chi connectivity index (χ0n) is 21.0. The fraction of sp³-hybridized carbons (Fsp3) is 0.786. The number of unbranched alkanes of at least 4 members (excludes halogenated alkanes) is 16. The second-order valence-electron chi connectivity index (χ2n) is 9.25. The van der Waals surface area contributed by atoms with Crippen LogP contribution in [0.2, 0.25) is 0 Å². The van der Waals surface area contributed by atoms with E-state index in [0.29, 0.717) is 0 Å². The van der Waals surface area contributed by atoms with Gasteiger partial charge in [0.05, 0.1) is 6.42 Å². The third kappa shape index (κ3) is 17.0. The summed E-state index contributed by atoms with van der Waals surface area (Å²) in [6, 6.07) is 0. The van der Waals surface area contributed by atoms with E-state index >= 15 is 0 Å². The highest BCUT2D eigenvalue weighted by Crippen LogP contribution is 2.28. The van der Waals surface area contributed by atoms with Crippen molar-refractivity contribution in [1.82, 2.24) is 0 Å². The number of hydrogen-bond acceptors (Lipinski definition) is 2. The largest absolute Gasteiger partial charge is 0.481 e. The van der Waals surface area contributed by atoms with Crippen LogP contribution in [0.5, 0.6) is 0 Å². The van der Waals surface area contributed by atoms with Gasteiger partial charge < -0.3 is 10.2 Å². The normalized spacial score (nSPS) is 13.7. The molecule has 0 heterocycles. The van der Waals surface area contributed by atoms with Crippen LogP contribution in [0.3, 0.4) is 0 Å². The number of aliphatic carboxylic acids is 2. The standard InChI is InChI=1S/C28H50O4/c1-3-5-7-9-11-13-15-17-19-21-23-28(27(31)32,25-26(29)30)24-22-20-18-16-14-12-10-8-6-4-2/h21-24H,3-20,25H2,1-2H3,(H,29,30)(H,31,32). The Morgan fingerprint density at radius 1 is 0.594 bits per heavy atom. The Morgan fingerprint density at radius 3 is 1.25 bits per heavy atom. The average molecular weight is 451 g/mol. The summed E-state index contributed by atoms with van der Waals surface area (Å²) in [7, 11) is 0. The van der Waals surface area contributed by atoms with E-state index in [0.717, 1.165) is 38.5 Å². The Balaban J connectivity index is 4.40. The molecule has 186 valence electrons. The van der Waals surface area contributed by atoms with Crippen LogP contribution in [0.25, 0.3) is 0 Å². The first-order valence-corrected chi connectivity index (χ1v) is 13.3. The highest BCUT2D eigenvalue weighted by molar-refractivity contribution is 5.85. The van der Waals surface area contributed by atoms with Gasteiger partial charge in [0.15, 0.2) is 0 Å². The van der Waals surface area contributed by atoms with Crippen molar-refractivity contribution in [3.63, 3.8) is 0 Å². The third-order valence-electron chi connectivity index (χ3n) is 6.12. The molecule has 4 heteroatoms. The van der Waals surface area contributed by atoms with Crippen LogP contribution in [0, 0.1) is 5.41 Å². The molecule has 0 bridgehead atoms. The molecule has 0 radical (unpaired) electrons. The summed E-state index contributed by atoms with van der Waals surface area (Å²) in [6.07, 6.45) is 27.8. The van der Waals surface area contributed by atoms with Crippen molar-refractivity contribution in [3.8, 4) is 0 Å². The molecule has 0 aromatic carbocycles. The summed E-state index contributed by atoms with van der Waals surface area (Å²) in [4.78, 5) is 23.3. The van der Waals surface area contributed by atoms with Crippen LogP contribution in [0.15, 0.2) is 24.3 Å². The lowest BCUT2D eigenvalue weighted by Gasteiger charge is -2.20. The number of carboxylic acids is 2. The van der Waals surface area contributed by atoms with Crippen molar-refractivity contribution >= 4 is 11.9 Å². The van der Waals surface area contributed by atoms with Gasteiger partial charge in [0.1, 0.15) is 5.41 Å². The molecular formula is C28H50O4. The minimum atomic E-state index is -1.44. The lowest BCUT2D eigenvalue weighted by atomic mass is 9.83. The fourth-order valence-electron chi connectivity index (χ4n) is 4.02. The predicted molar refractivity (Wildman–Crippen MR) is 135 cm³/mol. The molecule has 0 spiro atoms. The lowest BCUT2D eigenvalue weighted by molar-refractivity contribution is -0.150. The first kappa shape index (κ1) is 30.4. The van der Waals surface area contributed by atoms with E-state index in [9.17, 15) is 19.8 Å². The molecule has 32 heavy (non-hydrogen) atoms. The van der Waals surface area contributed by atoms with Gasteiger partial charge in [-0.3, -0.25) is 9.59 Å². The third-order valence-corrected chi connectivity index (χ3v) is 6.12. The Bertz CT molecular complexity index is 492. The smallest absolute Gasteiger partial charge is 0.318 e. The Labute approximate surface area is 197 Å². The summed E-state index contributed by atoms with van der Waals surface area (Å²) in [5, 5.41) is 19.1. The van der Waals surface area contributed by atoms with Gasteiger partial charge in [-0.15, -0.1) is 0 Å². The molecule has 0 fully saturated rings. The van der Waals surface area contributed by atoms with E-state index in [2.05, 4.69) is 13.8 Å². The van der Waals surface area contributed by atoms with Crippen LogP contribution in [0.1, 0.15) is 136 Å². The van der Waals surface area contributed by atoms with E-state index in [1.165, 1.54) is 77.0 Å². The summed E-state index contributed by atoms with van der Waals surface area (Å²) < 4.78 is 0.